The maximum absolute atomic E-state index is 13.2. The van der Waals surface area contributed by atoms with Crippen LogP contribution in [0.3, 0.4) is 0 Å². The Morgan fingerprint density at radius 1 is 1.31 bits per heavy atom. The number of hydrogen-bond donors (Lipinski definition) is 0. The first kappa shape index (κ1) is 22.8. The van der Waals surface area contributed by atoms with Gasteiger partial charge in [0.25, 0.3) is 0 Å². The molecule has 0 aliphatic heterocycles. The summed E-state index contributed by atoms with van der Waals surface area (Å²) in [5.74, 6) is 0.940. The average molecular weight is 394 g/mol. The summed E-state index contributed by atoms with van der Waals surface area (Å²) in [5, 5.41) is 1.82. The van der Waals surface area contributed by atoms with Crippen molar-refractivity contribution in [3.63, 3.8) is 0 Å². The summed E-state index contributed by atoms with van der Waals surface area (Å²) < 4.78 is 0. The molecule has 1 heterocycles. The van der Waals surface area contributed by atoms with E-state index in [4.69, 9.17) is 0 Å². The number of aliphatic imine (C=N–C) groups is 1. The number of carbonyl (C=O) groups excluding carboxylic acids is 1. The maximum atomic E-state index is 13.2. The number of carbonyl (C=O) groups is 1. The summed E-state index contributed by atoms with van der Waals surface area (Å²) >= 11 is 3.24. The predicted molar refractivity (Wildman–Crippen MR) is 117 cm³/mol. The fraction of sp³-hybridized carbons (Fsp3) is 0.550. The second-order valence-corrected chi connectivity index (χ2v) is 8.90. The Bertz CT molecular complexity index is 692. The lowest BCUT2D eigenvalue weighted by atomic mass is 9.94. The predicted octanol–water partition coefficient (Wildman–Crippen LogP) is 4.99. The van der Waals surface area contributed by atoms with E-state index in [1.54, 1.807) is 30.6 Å². The molecule has 1 aromatic rings. The minimum atomic E-state index is -0.412. The molecule has 4 nitrogen and oxygen atoms in total. The Balaban J connectivity index is 3.22. The molecule has 0 aliphatic rings. The second kappa shape index (κ2) is 10.2. The van der Waals surface area contributed by atoms with Gasteiger partial charge in [-0.2, -0.15) is 11.8 Å². The summed E-state index contributed by atoms with van der Waals surface area (Å²) in [6.07, 6.45) is 5.69. The quantitative estimate of drug-likeness (QED) is 0.484. The summed E-state index contributed by atoms with van der Waals surface area (Å²) in [6, 6.07) is 2.07. The highest BCUT2D eigenvalue weighted by Gasteiger charge is 2.33. The van der Waals surface area contributed by atoms with Crippen LogP contribution in [0.1, 0.15) is 45.7 Å². The molecule has 6 heteroatoms. The van der Waals surface area contributed by atoms with E-state index in [-0.39, 0.29) is 5.91 Å². The molecule has 0 saturated heterocycles. The SMILES string of the molecule is CCN(C(=O)C(C)(C)CSC)C(SC(=NC)c1cncc(C)c1)=C(C)C. The van der Waals surface area contributed by atoms with Gasteiger partial charge in [0.1, 0.15) is 5.04 Å². The van der Waals surface area contributed by atoms with Crippen molar-refractivity contribution in [1.29, 1.82) is 0 Å². The highest BCUT2D eigenvalue weighted by atomic mass is 32.2. The van der Waals surface area contributed by atoms with Gasteiger partial charge in [-0.3, -0.25) is 14.8 Å². The molecule has 144 valence electrons. The Hall–Kier alpha value is -1.27. The van der Waals surface area contributed by atoms with Crippen LogP contribution in [0.2, 0.25) is 0 Å². The molecule has 26 heavy (non-hydrogen) atoms. The summed E-state index contributed by atoms with van der Waals surface area (Å²) in [6.45, 7) is 12.8. The number of aromatic nitrogens is 1. The zero-order valence-electron chi connectivity index (χ0n) is 17.2. The number of amides is 1. The smallest absolute Gasteiger partial charge is 0.233 e. The molecule has 1 amide bonds. The Labute approximate surface area is 166 Å². The van der Waals surface area contributed by atoms with Crippen molar-refractivity contribution in [1.82, 2.24) is 9.88 Å². The Morgan fingerprint density at radius 2 is 1.96 bits per heavy atom. The topological polar surface area (TPSA) is 45.6 Å². The number of nitrogens with zero attached hydrogens (tertiary/aromatic N) is 3. The van der Waals surface area contributed by atoms with Gasteiger partial charge >= 0.3 is 0 Å². The lowest BCUT2D eigenvalue weighted by Crippen LogP contribution is -2.41. The van der Waals surface area contributed by atoms with E-state index in [2.05, 4.69) is 16.0 Å². The molecule has 0 N–H and O–H groups in total. The number of aryl methyl sites for hydroxylation is 1. The van der Waals surface area contributed by atoms with Crippen molar-refractivity contribution < 1.29 is 4.79 Å². The molecule has 0 radical (unpaired) electrons. The molecule has 1 aromatic heterocycles. The van der Waals surface area contributed by atoms with Crippen LogP contribution in [0.15, 0.2) is 34.1 Å². The van der Waals surface area contributed by atoms with Crippen LogP contribution in [0, 0.1) is 12.3 Å². The average Bonchev–Trinajstić information content (AvgIpc) is 2.57. The fourth-order valence-corrected chi connectivity index (χ4v) is 4.47. The third-order valence-corrected chi connectivity index (χ3v) is 6.28. The van der Waals surface area contributed by atoms with Crippen molar-refractivity contribution in [2.75, 3.05) is 25.6 Å². The van der Waals surface area contributed by atoms with Crippen LogP contribution in [0.5, 0.6) is 0 Å². The molecule has 0 aromatic carbocycles. The molecular weight excluding hydrogens is 362 g/mol. The van der Waals surface area contributed by atoms with Gasteiger partial charge in [0.2, 0.25) is 5.91 Å². The molecule has 0 aliphatic carbocycles. The molecular formula is C20H31N3OS2. The summed E-state index contributed by atoms with van der Waals surface area (Å²) in [5.41, 5.74) is 2.76. The molecule has 0 spiro atoms. The minimum absolute atomic E-state index is 0.149. The summed E-state index contributed by atoms with van der Waals surface area (Å²) in [7, 11) is 1.78. The van der Waals surface area contributed by atoms with E-state index < -0.39 is 5.41 Å². The Morgan fingerprint density at radius 3 is 2.42 bits per heavy atom. The van der Waals surface area contributed by atoms with Crippen LogP contribution in [-0.4, -0.2) is 46.4 Å². The van der Waals surface area contributed by atoms with E-state index in [1.807, 2.05) is 65.1 Å². The van der Waals surface area contributed by atoms with E-state index >= 15 is 0 Å². The normalized spacial score (nSPS) is 12.1. The second-order valence-electron chi connectivity index (χ2n) is 7.05. The zero-order valence-corrected chi connectivity index (χ0v) is 18.8. The first-order valence-electron chi connectivity index (χ1n) is 8.73. The van der Waals surface area contributed by atoms with Gasteiger partial charge in [-0.15, -0.1) is 0 Å². The molecule has 0 unspecified atom stereocenters. The monoisotopic (exact) mass is 393 g/mol. The molecule has 0 fully saturated rings. The lowest BCUT2D eigenvalue weighted by molar-refractivity contribution is -0.136. The number of pyridine rings is 1. The lowest BCUT2D eigenvalue weighted by Gasteiger charge is -2.33. The van der Waals surface area contributed by atoms with Crippen molar-refractivity contribution in [2.24, 2.45) is 10.4 Å². The third kappa shape index (κ3) is 5.88. The van der Waals surface area contributed by atoms with E-state index in [0.29, 0.717) is 6.54 Å². The standard InChI is InChI=1S/C20H31N3OS2/c1-9-23(19(24)20(5,6)13-25-8)18(14(2)3)26-17(21-7)16-10-15(4)11-22-12-16/h10-12H,9,13H2,1-8H3. The first-order valence-corrected chi connectivity index (χ1v) is 10.9. The van der Waals surface area contributed by atoms with Crippen molar-refractivity contribution in [2.45, 2.75) is 41.5 Å². The van der Waals surface area contributed by atoms with Crippen LogP contribution in [-0.2, 0) is 4.79 Å². The zero-order chi connectivity index (χ0) is 19.9. The van der Waals surface area contributed by atoms with Gasteiger partial charge in [0.15, 0.2) is 0 Å². The van der Waals surface area contributed by atoms with Gasteiger partial charge in [-0.05, 0) is 51.2 Å². The van der Waals surface area contributed by atoms with E-state index in [1.165, 1.54) is 0 Å². The van der Waals surface area contributed by atoms with Crippen LogP contribution in [0.4, 0.5) is 0 Å². The first-order chi connectivity index (χ1) is 12.2. The van der Waals surface area contributed by atoms with Crippen molar-refractivity contribution in [3.05, 3.63) is 40.2 Å². The molecule has 0 saturated carbocycles. The Kier molecular flexibility index (Phi) is 8.90. The maximum Gasteiger partial charge on any atom is 0.233 e. The van der Waals surface area contributed by atoms with E-state index in [0.717, 1.165) is 32.5 Å². The van der Waals surface area contributed by atoms with Gasteiger partial charge in [0, 0.05) is 37.3 Å². The fourth-order valence-electron chi connectivity index (χ4n) is 2.59. The van der Waals surface area contributed by atoms with Crippen molar-refractivity contribution in [3.8, 4) is 0 Å². The third-order valence-electron chi connectivity index (χ3n) is 3.84. The van der Waals surface area contributed by atoms with Gasteiger partial charge in [-0.1, -0.05) is 25.6 Å². The largest absolute Gasteiger partial charge is 0.306 e. The van der Waals surface area contributed by atoms with E-state index in [9.17, 15) is 4.79 Å². The molecule has 0 bridgehead atoms. The summed E-state index contributed by atoms with van der Waals surface area (Å²) in [4.78, 5) is 23.8. The van der Waals surface area contributed by atoms with Gasteiger partial charge in [0.05, 0.1) is 10.4 Å². The van der Waals surface area contributed by atoms with Gasteiger partial charge in [-0.25, -0.2) is 0 Å². The van der Waals surface area contributed by atoms with Crippen molar-refractivity contribution >= 4 is 34.5 Å². The number of allylic oxidation sites excluding steroid dienone is 1. The van der Waals surface area contributed by atoms with Crippen LogP contribution >= 0.6 is 23.5 Å². The minimum Gasteiger partial charge on any atom is -0.306 e. The highest BCUT2D eigenvalue weighted by Crippen LogP contribution is 2.33. The molecule has 0 atom stereocenters. The number of thioether (sulfide) groups is 2. The van der Waals surface area contributed by atoms with Crippen LogP contribution in [0.25, 0.3) is 0 Å². The highest BCUT2D eigenvalue weighted by molar-refractivity contribution is 8.17. The van der Waals surface area contributed by atoms with Gasteiger partial charge < -0.3 is 4.90 Å². The molecule has 1 rings (SSSR count). The number of hydrogen-bond acceptors (Lipinski definition) is 5. The number of rotatable bonds is 7. The van der Waals surface area contributed by atoms with Crippen LogP contribution < -0.4 is 0 Å².